The lowest BCUT2D eigenvalue weighted by atomic mass is 10.3. The maximum absolute atomic E-state index is 12.0. The van der Waals surface area contributed by atoms with Gasteiger partial charge in [-0.25, -0.2) is 5.06 Å². The first-order valence-corrected chi connectivity index (χ1v) is 7.11. The minimum atomic E-state index is 0.0555. The second-order valence-corrected chi connectivity index (χ2v) is 6.28. The molecule has 1 radical (unpaired) electrons. The molecule has 1 fully saturated rings. The SMILES string of the molecule is C[C@@H]1O[C@H]1CN([O])c1c(Br)cc(Br)cc1Br. The highest BCUT2D eigenvalue weighted by Gasteiger charge is 2.36. The highest BCUT2D eigenvalue weighted by Crippen LogP contribution is 2.37. The summed E-state index contributed by atoms with van der Waals surface area (Å²) in [4.78, 5) is 0. The van der Waals surface area contributed by atoms with E-state index in [1.807, 2.05) is 19.1 Å². The van der Waals surface area contributed by atoms with Crippen LogP contribution in [0.15, 0.2) is 25.6 Å². The van der Waals surface area contributed by atoms with Gasteiger partial charge in [-0.2, -0.15) is 0 Å². The predicted molar refractivity (Wildman–Crippen MR) is 71.9 cm³/mol. The summed E-state index contributed by atoms with van der Waals surface area (Å²) in [6, 6.07) is 3.70. The predicted octanol–water partition coefficient (Wildman–Crippen LogP) is 3.91. The molecule has 16 heavy (non-hydrogen) atoms. The van der Waals surface area contributed by atoms with E-state index in [1.165, 1.54) is 0 Å². The van der Waals surface area contributed by atoms with Crippen LogP contribution in [0.1, 0.15) is 6.92 Å². The maximum atomic E-state index is 12.0. The van der Waals surface area contributed by atoms with Crippen LogP contribution in [0.2, 0.25) is 0 Å². The smallest absolute Gasteiger partial charge is 0.104 e. The van der Waals surface area contributed by atoms with Crippen LogP contribution in [0.25, 0.3) is 0 Å². The quantitative estimate of drug-likeness (QED) is 0.555. The normalized spacial score (nSPS) is 23.3. The zero-order chi connectivity index (χ0) is 11.9. The molecule has 2 atom stereocenters. The van der Waals surface area contributed by atoms with E-state index in [9.17, 15) is 5.21 Å². The van der Waals surface area contributed by atoms with E-state index in [2.05, 4.69) is 47.8 Å². The summed E-state index contributed by atoms with van der Waals surface area (Å²) in [5, 5.41) is 12.9. The van der Waals surface area contributed by atoms with Gasteiger partial charge in [-0.05, 0) is 50.9 Å². The fourth-order valence-corrected chi connectivity index (χ4v) is 4.10. The molecule has 0 unspecified atom stereocenters. The lowest BCUT2D eigenvalue weighted by molar-refractivity contribution is 0.150. The van der Waals surface area contributed by atoms with Gasteiger partial charge >= 0.3 is 0 Å². The summed E-state index contributed by atoms with van der Waals surface area (Å²) in [7, 11) is 0. The first kappa shape index (κ1) is 12.8. The average Bonchev–Trinajstić information content (AvgIpc) is 2.79. The largest absolute Gasteiger partial charge is 0.368 e. The molecule has 0 aromatic heterocycles. The van der Waals surface area contributed by atoms with Crippen molar-refractivity contribution < 1.29 is 9.94 Å². The van der Waals surface area contributed by atoms with E-state index in [1.54, 1.807) is 0 Å². The number of hydrogen-bond acceptors (Lipinski definition) is 2. The number of hydroxylamine groups is 1. The second-order valence-electron chi connectivity index (χ2n) is 3.66. The molecule has 2 rings (SSSR count). The molecule has 1 aliphatic heterocycles. The molecule has 0 saturated carbocycles. The Morgan fingerprint density at radius 1 is 1.31 bits per heavy atom. The van der Waals surface area contributed by atoms with Gasteiger partial charge < -0.3 is 4.74 Å². The van der Waals surface area contributed by atoms with Crippen LogP contribution in [-0.2, 0) is 9.94 Å². The van der Waals surface area contributed by atoms with E-state index in [0.29, 0.717) is 12.2 Å². The van der Waals surface area contributed by atoms with Gasteiger partial charge in [-0.15, -0.1) is 0 Å². The molecule has 0 bridgehead atoms. The lowest BCUT2D eigenvalue weighted by Gasteiger charge is -2.16. The van der Waals surface area contributed by atoms with Crippen LogP contribution >= 0.6 is 47.8 Å². The summed E-state index contributed by atoms with van der Waals surface area (Å²) in [6.45, 7) is 2.32. The van der Waals surface area contributed by atoms with Gasteiger partial charge in [0.25, 0.3) is 0 Å². The Balaban J connectivity index is 2.18. The fourth-order valence-electron chi connectivity index (χ4n) is 1.45. The number of rotatable bonds is 3. The number of nitrogens with zero attached hydrogens (tertiary/aromatic N) is 1. The van der Waals surface area contributed by atoms with Crippen molar-refractivity contribution in [3.63, 3.8) is 0 Å². The topological polar surface area (TPSA) is 35.7 Å². The molecule has 1 heterocycles. The Morgan fingerprint density at radius 3 is 2.25 bits per heavy atom. The van der Waals surface area contributed by atoms with Crippen molar-refractivity contribution in [1.29, 1.82) is 0 Å². The summed E-state index contributed by atoms with van der Waals surface area (Å²) in [5.74, 6) is 0. The van der Waals surface area contributed by atoms with Crippen LogP contribution in [0, 0.1) is 0 Å². The van der Waals surface area contributed by atoms with Crippen molar-refractivity contribution in [2.45, 2.75) is 19.1 Å². The summed E-state index contributed by atoms with van der Waals surface area (Å²) >= 11 is 10.1. The third kappa shape index (κ3) is 2.79. The number of halogens is 3. The van der Waals surface area contributed by atoms with Crippen LogP contribution in [0.3, 0.4) is 0 Å². The van der Waals surface area contributed by atoms with E-state index in [0.717, 1.165) is 18.5 Å². The zero-order valence-electron chi connectivity index (χ0n) is 8.41. The van der Waals surface area contributed by atoms with Crippen molar-refractivity contribution in [2.75, 3.05) is 11.6 Å². The van der Waals surface area contributed by atoms with Gasteiger partial charge in [-0.1, -0.05) is 21.1 Å². The molecule has 3 nitrogen and oxygen atoms in total. The maximum Gasteiger partial charge on any atom is 0.104 e. The zero-order valence-corrected chi connectivity index (χ0v) is 13.2. The van der Waals surface area contributed by atoms with Gasteiger partial charge in [0.1, 0.15) is 6.10 Å². The third-order valence-corrected chi connectivity index (χ3v) is 4.08. The van der Waals surface area contributed by atoms with Crippen molar-refractivity contribution in [3.05, 3.63) is 25.6 Å². The van der Waals surface area contributed by atoms with E-state index < -0.39 is 0 Å². The lowest BCUT2D eigenvalue weighted by Crippen LogP contribution is -2.23. The Bertz CT molecular complexity index is 390. The van der Waals surface area contributed by atoms with Gasteiger partial charge in [0.2, 0.25) is 0 Å². The number of anilines is 1. The number of ether oxygens (including phenoxy) is 1. The van der Waals surface area contributed by atoms with Crippen LogP contribution in [0.4, 0.5) is 5.69 Å². The van der Waals surface area contributed by atoms with Gasteiger partial charge in [-0.3, -0.25) is 0 Å². The Morgan fingerprint density at radius 2 is 1.81 bits per heavy atom. The molecular weight excluding hydrogens is 406 g/mol. The summed E-state index contributed by atoms with van der Waals surface area (Å²) in [5.41, 5.74) is 0.603. The molecule has 0 amide bonds. The molecule has 0 aliphatic carbocycles. The van der Waals surface area contributed by atoms with Gasteiger partial charge in [0.05, 0.1) is 18.3 Å². The Hall–Kier alpha value is 0.380. The minimum Gasteiger partial charge on any atom is -0.368 e. The molecule has 1 aromatic rings. The van der Waals surface area contributed by atoms with Crippen molar-refractivity contribution >= 4 is 53.5 Å². The first-order valence-electron chi connectivity index (χ1n) is 4.73. The summed E-state index contributed by atoms with van der Waals surface area (Å²) in [6.07, 6.45) is 0.254. The third-order valence-electron chi connectivity index (χ3n) is 2.41. The van der Waals surface area contributed by atoms with Crippen molar-refractivity contribution in [1.82, 2.24) is 0 Å². The fraction of sp³-hybridized carbons (Fsp3) is 0.400. The monoisotopic (exact) mass is 412 g/mol. The highest BCUT2D eigenvalue weighted by molar-refractivity contribution is 9.11. The Labute approximate surface area is 119 Å². The van der Waals surface area contributed by atoms with Gasteiger partial charge in [0, 0.05) is 13.4 Å². The molecule has 0 N–H and O–H groups in total. The number of benzene rings is 1. The average molecular weight is 415 g/mol. The molecule has 1 saturated heterocycles. The van der Waals surface area contributed by atoms with Crippen LogP contribution in [0.5, 0.6) is 0 Å². The standard InChI is InChI=1S/C10H9Br3NO2/c1-5-9(16-5)4-14(15)10-7(12)2-6(11)3-8(10)13/h2-3,5,9H,4H2,1H3/t5-,9-/m0/s1. The second kappa shape index (κ2) is 4.94. The first-order chi connectivity index (χ1) is 7.49. The molecule has 1 aromatic carbocycles. The molecule has 1 aliphatic rings. The van der Waals surface area contributed by atoms with Crippen molar-refractivity contribution in [3.8, 4) is 0 Å². The van der Waals surface area contributed by atoms with Gasteiger partial charge in [0.15, 0.2) is 0 Å². The molecule has 87 valence electrons. The molecule has 6 heteroatoms. The van der Waals surface area contributed by atoms with E-state index in [4.69, 9.17) is 4.74 Å². The number of epoxide rings is 1. The Kier molecular flexibility index (Phi) is 3.96. The highest BCUT2D eigenvalue weighted by atomic mass is 79.9. The van der Waals surface area contributed by atoms with Crippen LogP contribution < -0.4 is 5.06 Å². The number of hydrogen-bond donors (Lipinski definition) is 0. The van der Waals surface area contributed by atoms with E-state index >= 15 is 0 Å². The van der Waals surface area contributed by atoms with Crippen LogP contribution in [-0.4, -0.2) is 18.8 Å². The minimum absolute atomic E-state index is 0.0555. The van der Waals surface area contributed by atoms with Crippen molar-refractivity contribution in [2.24, 2.45) is 0 Å². The van der Waals surface area contributed by atoms with E-state index in [-0.39, 0.29) is 12.2 Å². The molecular formula is C10H9Br3NO2. The molecule has 0 spiro atoms. The summed E-state index contributed by atoms with van der Waals surface area (Å²) < 4.78 is 7.67.